The van der Waals surface area contributed by atoms with Crippen molar-refractivity contribution in [1.82, 2.24) is 0 Å². The first-order valence-electron chi connectivity index (χ1n) is 4.18. The number of likely N-dealkylation sites (N-methyl/N-ethyl adjacent to an activating group) is 1. The van der Waals surface area contributed by atoms with Gasteiger partial charge in [-0.1, -0.05) is 0 Å². The predicted octanol–water partition coefficient (Wildman–Crippen LogP) is -7.98. The second kappa shape index (κ2) is 18.4. The maximum Gasteiger partial charge on any atom is 0.101 e. The Kier molecular flexibility index (Phi) is 34.7. The summed E-state index contributed by atoms with van der Waals surface area (Å²) in [6.07, 6.45) is -0.954. The van der Waals surface area contributed by atoms with Gasteiger partial charge in [-0.2, -0.15) is 0 Å². The Morgan fingerprint density at radius 1 is 0.938 bits per heavy atom. The number of rotatable bonds is 4. The molecule has 4 N–H and O–H groups in total. The normalized spacial score (nSPS) is 9.00. The molecule has 100 valence electrons. The predicted molar refractivity (Wildman–Crippen MR) is 50.2 cm³/mol. The summed E-state index contributed by atoms with van der Waals surface area (Å²) in [7, 11) is 6.16. The Morgan fingerprint density at radius 3 is 1.25 bits per heavy atom. The quantitative estimate of drug-likeness (QED) is 0.305. The van der Waals surface area contributed by atoms with E-state index in [1.165, 1.54) is 0 Å². The average Bonchev–Trinajstić information content (AvgIpc) is 2.02. The largest absolute Gasteiger partial charge is 1.00 e. The number of quaternary nitrogens is 1. The molecule has 0 saturated heterocycles. The van der Waals surface area contributed by atoms with Gasteiger partial charge in [0.15, 0.2) is 0 Å². The molecule has 0 aromatic rings. The van der Waals surface area contributed by atoms with E-state index in [9.17, 15) is 0 Å². The minimum atomic E-state index is -0.954. The van der Waals surface area contributed by atoms with Crippen molar-refractivity contribution in [2.45, 2.75) is 6.10 Å². The molecule has 0 aromatic carbocycles. The molecule has 0 aliphatic heterocycles. The molecule has 0 aliphatic carbocycles. The summed E-state index contributed by atoms with van der Waals surface area (Å²) in [6, 6.07) is 0. The first kappa shape index (κ1) is 30.2. The van der Waals surface area contributed by atoms with Gasteiger partial charge in [0.1, 0.15) is 12.6 Å². The Balaban J connectivity index is -0.0000000428. The standard InChI is InChI=1S/C5H14NO.C3H8O3.2ClH.Zn/c1-6(2,3)4-5-7;4-1-3(6)2-5;;;/h7H,4-5H2,1-3H3;3-6H,1-2H2;2*1H;/q+1;;;;/p-2. The molecule has 5 nitrogen and oxygen atoms in total. The number of halogens is 2. The third-order valence-corrected chi connectivity index (χ3v) is 1.19. The van der Waals surface area contributed by atoms with Gasteiger partial charge in [-0.05, 0) is 0 Å². The number of aliphatic hydroxyl groups excluding tert-OH is 4. The zero-order valence-electron chi connectivity index (χ0n) is 10.1. The van der Waals surface area contributed by atoms with Gasteiger partial charge < -0.3 is 49.7 Å². The molecule has 0 fully saturated rings. The van der Waals surface area contributed by atoms with E-state index in [0.717, 1.165) is 11.0 Å². The number of hydrogen-bond donors (Lipinski definition) is 4. The number of aliphatic hydroxyl groups is 4. The van der Waals surface area contributed by atoms with Crippen molar-refractivity contribution in [3.8, 4) is 0 Å². The molecule has 16 heavy (non-hydrogen) atoms. The van der Waals surface area contributed by atoms with E-state index in [2.05, 4.69) is 21.1 Å². The minimum Gasteiger partial charge on any atom is -1.00 e. The fourth-order valence-electron chi connectivity index (χ4n) is 0.358. The van der Waals surface area contributed by atoms with Crippen LogP contribution < -0.4 is 24.8 Å². The fourth-order valence-corrected chi connectivity index (χ4v) is 0.358. The van der Waals surface area contributed by atoms with E-state index in [1.807, 2.05) is 0 Å². The van der Waals surface area contributed by atoms with Crippen molar-refractivity contribution >= 4 is 0 Å². The van der Waals surface area contributed by atoms with Gasteiger partial charge in [-0.3, -0.25) is 0 Å². The van der Waals surface area contributed by atoms with E-state index in [1.54, 1.807) is 0 Å². The Hall–Kier alpha value is 1.00. The van der Waals surface area contributed by atoms with Gasteiger partial charge in [0, 0.05) is 19.5 Å². The number of nitrogens with zero attached hydrogens (tertiary/aromatic N) is 1. The first-order valence-corrected chi connectivity index (χ1v) is 4.18. The van der Waals surface area contributed by atoms with Crippen LogP contribution in [0.2, 0.25) is 0 Å². The molecule has 0 aliphatic rings. The number of hydrogen-bond acceptors (Lipinski definition) is 4. The van der Waals surface area contributed by atoms with Crippen LogP contribution in [-0.4, -0.2) is 78.5 Å². The SMILES string of the molecule is C[N+](C)(C)CCO.OCC(O)CO.[Cl-].[Cl-].[Zn]. The molecule has 0 radical (unpaired) electrons. The summed E-state index contributed by atoms with van der Waals surface area (Å²) in [5.41, 5.74) is 0. The van der Waals surface area contributed by atoms with Crippen LogP contribution >= 0.6 is 0 Å². The van der Waals surface area contributed by atoms with E-state index in [-0.39, 0.29) is 64.1 Å². The molecule has 0 saturated carbocycles. The van der Waals surface area contributed by atoms with Crippen molar-refractivity contribution in [3.05, 3.63) is 0 Å². The fraction of sp³-hybridized carbons (Fsp3) is 1.00. The molecular formula is C8H22Cl2NO4Zn-. The molecule has 0 atom stereocenters. The third-order valence-electron chi connectivity index (χ3n) is 1.19. The van der Waals surface area contributed by atoms with Gasteiger partial charge in [-0.25, -0.2) is 0 Å². The summed E-state index contributed by atoms with van der Waals surface area (Å²) in [6.45, 7) is 0.385. The second-order valence-electron chi connectivity index (χ2n) is 3.76. The minimum absolute atomic E-state index is 0. The van der Waals surface area contributed by atoms with Crippen LogP contribution in [-0.2, 0) is 19.5 Å². The van der Waals surface area contributed by atoms with Gasteiger partial charge in [-0.15, -0.1) is 0 Å². The van der Waals surface area contributed by atoms with Crippen LogP contribution in [0.1, 0.15) is 0 Å². The van der Waals surface area contributed by atoms with E-state index in [4.69, 9.17) is 20.4 Å². The monoisotopic (exact) mass is 330 g/mol. The topological polar surface area (TPSA) is 80.9 Å². The summed E-state index contributed by atoms with van der Waals surface area (Å²) in [5, 5.41) is 32.4. The molecule has 0 rings (SSSR count). The van der Waals surface area contributed by atoms with E-state index in [0.29, 0.717) is 0 Å². The van der Waals surface area contributed by atoms with Gasteiger partial charge in [0.2, 0.25) is 0 Å². The summed E-state index contributed by atoms with van der Waals surface area (Å²) < 4.78 is 0.844. The molecule has 8 heteroatoms. The van der Waals surface area contributed by atoms with Crippen LogP contribution in [0.25, 0.3) is 0 Å². The first-order chi connectivity index (χ1) is 5.87. The van der Waals surface area contributed by atoms with Crippen LogP contribution in [0, 0.1) is 0 Å². The summed E-state index contributed by atoms with van der Waals surface area (Å²) in [4.78, 5) is 0. The molecule has 0 heterocycles. The van der Waals surface area contributed by atoms with Gasteiger partial charge in [0.05, 0.1) is 41.0 Å². The van der Waals surface area contributed by atoms with Gasteiger partial charge >= 0.3 is 0 Å². The van der Waals surface area contributed by atoms with Crippen LogP contribution in [0.4, 0.5) is 0 Å². The average molecular weight is 333 g/mol. The van der Waals surface area contributed by atoms with Crippen LogP contribution in [0.15, 0.2) is 0 Å². The van der Waals surface area contributed by atoms with Crippen molar-refractivity contribution in [1.29, 1.82) is 0 Å². The Labute approximate surface area is 123 Å². The van der Waals surface area contributed by atoms with Crippen molar-refractivity contribution in [2.24, 2.45) is 0 Å². The molecular weight excluding hydrogens is 310 g/mol. The third kappa shape index (κ3) is 36.3. The molecule has 0 bridgehead atoms. The maximum atomic E-state index is 8.39. The van der Waals surface area contributed by atoms with Crippen molar-refractivity contribution < 1.29 is 69.2 Å². The Bertz CT molecular complexity index is 113. The van der Waals surface area contributed by atoms with E-state index < -0.39 is 6.10 Å². The molecule has 0 spiro atoms. The maximum absolute atomic E-state index is 8.39. The van der Waals surface area contributed by atoms with Crippen molar-refractivity contribution in [2.75, 3.05) is 47.5 Å². The van der Waals surface area contributed by atoms with Crippen molar-refractivity contribution in [3.63, 3.8) is 0 Å². The summed E-state index contributed by atoms with van der Waals surface area (Å²) >= 11 is 0. The summed E-state index contributed by atoms with van der Waals surface area (Å²) in [5.74, 6) is 0. The van der Waals surface area contributed by atoms with E-state index >= 15 is 0 Å². The second-order valence-corrected chi connectivity index (χ2v) is 3.76. The smallest absolute Gasteiger partial charge is 0.101 e. The van der Waals surface area contributed by atoms with Gasteiger partial charge in [0.25, 0.3) is 0 Å². The van der Waals surface area contributed by atoms with Crippen LogP contribution in [0.5, 0.6) is 0 Å². The molecule has 0 aromatic heterocycles. The molecule has 0 unspecified atom stereocenters. The zero-order valence-corrected chi connectivity index (χ0v) is 14.6. The van der Waals surface area contributed by atoms with Crippen LogP contribution in [0.3, 0.4) is 0 Å². The Morgan fingerprint density at radius 2 is 1.25 bits per heavy atom. The molecule has 0 amide bonds. The zero-order chi connectivity index (χ0) is 10.9.